The monoisotopic (exact) mass is 379 g/mol. The van der Waals surface area contributed by atoms with Crippen LogP contribution in [0.1, 0.15) is 18.3 Å². The van der Waals surface area contributed by atoms with Crippen LogP contribution in [0.2, 0.25) is 10.0 Å². The first-order chi connectivity index (χ1) is 9.43. The van der Waals surface area contributed by atoms with Gasteiger partial charge in [0.25, 0.3) is 0 Å². The summed E-state index contributed by atoms with van der Waals surface area (Å²) in [7, 11) is 1.87. The van der Waals surface area contributed by atoms with Crippen molar-refractivity contribution in [1.82, 2.24) is 9.78 Å². The van der Waals surface area contributed by atoms with Gasteiger partial charge in [-0.05, 0) is 34.5 Å². The van der Waals surface area contributed by atoms with Crippen LogP contribution in [0.5, 0.6) is 0 Å². The highest BCUT2D eigenvalue weighted by molar-refractivity contribution is 9.10. The lowest BCUT2D eigenvalue weighted by Gasteiger charge is -2.11. The number of aromatic nitrogens is 2. The number of nitrogens with one attached hydrogen (secondary N) is 1. The van der Waals surface area contributed by atoms with E-state index in [0.29, 0.717) is 12.2 Å². The van der Waals surface area contributed by atoms with Crippen molar-refractivity contribution < 1.29 is 4.39 Å². The Hall–Kier alpha value is -0.780. The summed E-state index contributed by atoms with van der Waals surface area (Å²) in [6, 6.07) is 2.46. The van der Waals surface area contributed by atoms with Crippen molar-refractivity contribution in [2.75, 3.05) is 5.32 Å². The molecule has 0 fully saturated rings. The number of hydrogen-bond donors (Lipinski definition) is 1. The molecular weight excluding hydrogens is 368 g/mol. The summed E-state index contributed by atoms with van der Waals surface area (Å²) >= 11 is 15.5. The summed E-state index contributed by atoms with van der Waals surface area (Å²) in [6.45, 7) is 2.52. The van der Waals surface area contributed by atoms with Crippen molar-refractivity contribution >= 4 is 44.8 Å². The smallest absolute Gasteiger partial charge is 0.126 e. The van der Waals surface area contributed by atoms with Gasteiger partial charge in [-0.15, -0.1) is 0 Å². The van der Waals surface area contributed by atoms with Gasteiger partial charge in [-0.2, -0.15) is 5.10 Å². The summed E-state index contributed by atoms with van der Waals surface area (Å²) in [6.07, 6.45) is 0.840. The van der Waals surface area contributed by atoms with Gasteiger partial charge < -0.3 is 5.32 Å². The van der Waals surface area contributed by atoms with Gasteiger partial charge in [-0.1, -0.05) is 30.1 Å². The van der Waals surface area contributed by atoms with Crippen molar-refractivity contribution in [3.8, 4) is 0 Å². The van der Waals surface area contributed by atoms with Gasteiger partial charge in [-0.25, -0.2) is 4.39 Å². The van der Waals surface area contributed by atoms with Crippen LogP contribution in [0.15, 0.2) is 16.6 Å². The van der Waals surface area contributed by atoms with Gasteiger partial charge in [0.2, 0.25) is 0 Å². The number of aryl methyl sites for hydroxylation is 2. The average molecular weight is 381 g/mol. The third kappa shape index (κ3) is 3.10. The zero-order valence-electron chi connectivity index (χ0n) is 11.0. The Kier molecular flexibility index (Phi) is 4.94. The van der Waals surface area contributed by atoms with E-state index in [1.807, 2.05) is 14.0 Å². The van der Waals surface area contributed by atoms with E-state index < -0.39 is 5.82 Å². The Bertz CT molecular complexity index is 620. The topological polar surface area (TPSA) is 29.9 Å². The first-order valence-corrected chi connectivity index (χ1v) is 7.57. The van der Waals surface area contributed by atoms with Gasteiger partial charge in [0.15, 0.2) is 0 Å². The van der Waals surface area contributed by atoms with Crippen LogP contribution in [0, 0.1) is 5.82 Å². The number of benzene rings is 1. The fourth-order valence-corrected chi connectivity index (χ4v) is 3.25. The highest BCUT2D eigenvalue weighted by Gasteiger charge is 2.14. The lowest BCUT2D eigenvalue weighted by Crippen LogP contribution is -2.07. The molecule has 0 unspecified atom stereocenters. The third-order valence-corrected chi connectivity index (χ3v) is 4.45. The van der Waals surface area contributed by atoms with Gasteiger partial charge >= 0.3 is 0 Å². The maximum Gasteiger partial charge on any atom is 0.126 e. The Morgan fingerprint density at radius 1 is 1.35 bits per heavy atom. The molecule has 108 valence electrons. The molecule has 7 heteroatoms. The third-order valence-electron chi connectivity index (χ3n) is 2.94. The number of halogens is 4. The molecule has 20 heavy (non-hydrogen) atoms. The lowest BCUT2D eigenvalue weighted by atomic mass is 10.2. The van der Waals surface area contributed by atoms with E-state index in [0.717, 1.165) is 22.3 Å². The zero-order valence-corrected chi connectivity index (χ0v) is 14.1. The number of rotatable bonds is 4. The number of nitrogens with zero attached hydrogens (tertiary/aromatic N) is 2. The van der Waals surface area contributed by atoms with Crippen molar-refractivity contribution in [1.29, 1.82) is 0 Å². The van der Waals surface area contributed by atoms with E-state index >= 15 is 0 Å². The molecule has 3 nitrogen and oxygen atoms in total. The maximum absolute atomic E-state index is 13.1. The molecule has 0 aliphatic rings. The van der Waals surface area contributed by atoms with Crippen LogP contribution in [0.4, 0.5) is 10.1 Å². The molecule has 1 heterocycles. The lowest BCUT2D eigenvalue weighted by molar-refractivity contribution is 0.628. The number of anilines is 1. The van der Waals surface area contributed by atoms with Gasteiger partial charge in [0, 0.05) is 7.05 Å². The van der Waals surface area contributed by atoms with E-state index in [9.17, 15) is 4.39 Å². The Labute approximate surface area is 135 Å². The molecule has 0 atom stereocenters. The minimum atomic E-state index is -0.458. The van der Waals surface area contributed by atoms with Crippen molar-refractivity contribution in [2.45, 2.75) is 19.9 Å². The van der Waals surface area contributed by atoms with E-state index in [1.54, 1.807) is 4.68 Å². The Balaban J connectivity index is 2.24. The summed E-state index contributed by atoms with van der Waals surface area (Å²) in [5, 5.41) is 8.03. The van der Waals surface area contributed by atoms with Crippen molar-refractivity contribution in [2.24, 2.45) is 7.05 Å². The van der Waals surface area contributed by atoms with Crippen LogP contribution in [0.25, 0.3) is 0 Å². The second-order valence-electron chi connectivity index (χ2n) is 4.28. The molecule has 0 aliphatic carbocycles. The van der Waals surface area contributed by atoms with Crippen molar-refractivity contribution in [3.05, 3.63) is 43.9 Å². The molecule has 1 aromatic carbocycles. The summed E-state index contributed by atoms with van der Waals surface area (Å²) in [4.78, 5) is 0. The fourth-order valence-electron chi connectivity index (χ4n) is 1.90. The first kappa shape index (κ1) is 15.6. The first-order valence-electron chi connectivity index (χ1n) is 6.02. The predicted octanol–water partition coefficient (Wildman–Crippen LogP) is 4.80. The van der Waals surface area contributed by atoms with Crippen LogP contribution in [-0.4, -0.2) is 9.78 Å². The highest BCUT2D eigenvalue weighted by atomic mass is 79.9. The van der Waals surface area contributed by atoms with Gasteiger partial charge in [0.1, 0.15) is 5.82 Å². The quantitative estimate of drug-likeness (QED) is 0.825. The molecule has 0 saturated carbocycles. The molecule has 0 aliphatic heterocycles. The highest BCUT2D eigenvalue weighted by Crippen LogP contribution is 2.32. The van der Waals surface area contributed by atoms with E-state index in [2.05, 4.69) is 26.3 Å². The molecule has 1 N–H and O–H groups in total. The molecule has 0 saturated heterocycles. The minimum absolute atomic E-state index is 0.254. The minimum Gasteiger partial charge on any atom is -0.377 e. The van der Waals surface area contributed by atoms with E-state index in [4.69, 9.17) is 23.2 Å². The zero-order chi connectivity index (χ0) is 14.9. The molecule has 0 radical (unpaired) electrons. The van der Waals surface area contributed by atoms with Crippen LogP contribution < -0.4 is 5.32 Å². The van der Waals surface area contributed by atoms with Gasteiger partial charge in [-0.3, -0.25) is 4.68 Å². The fraction of sp³-hybridized carbons (Fsp3) is 0.308. The van der Waals surface area contributed by atoms with Crippen molar-refractivity contribution in [3.63, 3.8) is 0 Å². The molecule has 0 bridgehead atoms. The molecule has 1 aromatic heterocycles. The summed E-state index contributed by atoms with van der Waals surface area (Å²) in [5.41, 5.74) is 2.47. The Morgan fingerprint density at radius 3 is 2.45 bits per heavy atom. The molecule has 2 rings (SSSR count). The molecule has 0 spiro atoms. The van der Waals surface area contributed by atoms with Gasteiger partial charge in [0.05, 0.1) is 38.1 Å². The van der Waals surface area contributed by atoms with Crippen LogP contribution in [0.3, 0.4) is 0 Å². The average Bonchev–Trinajstić information content (AvgIpc) is 2.64. The van der Waals surface area contributed by atoms with E-state index in [-0.39, 0.29) is 10.0 Å². The van der Waals surface area contributed by atoms with Crippen LogP contribution in [-0.2, 0) is 20.0 Å². The molecular formula is C13H13BrCl2FN3. The second-order valence-corrected chi connectivity index (χ2v) is 5.89. The van der Waals surface area contributed by atoms with E-state index in [1.165, 1.54) is 12.1 Å². The summed E-state index contributed by atoms with van der Waals surface area (Å²) in [5.74, 6) is -0.458. The standard InChI is InChI=1S/C13H13BrCl2FN3/c1-3-10-12(14)11(20(2)19-10)6-18-13-8(15)4-7(17)5-9(13)16/h4-5,18H,3,6H2,1-2H3. The maximum atomic E-state index is 13.1. The molecule has 0 amide bonds. The second kappa shape index (κ2) is 6.33. The van der Waals surface area contributed by atoms with Crippen LogP contribution >= 0.6 is 39.1 Å². The normalized spacial score (nSPS) is 10.9. The molecule has 2 aromatic rings. The summed E-state index contributed by atoms with van der Waals surface area (Å²) < 4.78 is 15.9. The SMILES string of the molecule is CCc1nn(C)c(CNc2c(Cl)cc(F)cc2Cl)c1Br. The largest absolute Gasteiger partial charge is 0.377 e. The number of hydrogen-bond acceptors (Lipinski definition) is 2. The Morgan fingerprint density at radius 2 is 1.95 bits per heavy atom. The predicted molar refractivity (Wildman–Crippen MR) is 84.0 cm³/mol.